The lowest BCUT2D eigenvalue weighted by atomic mass is 9.93. The highest BCUT2D eigenvalue weighted by Gasteiger charge is 2.42. The first kappa shape index (κ1) is 13.6. The van der Waals surface area contributed by atoms with Crippen molar-refractivity contribution >= 4 is 39.1 Å². The van der Waals surface area contributed by atoms with Gasteiger partial charge in [0, 0.05) is 34.5 Å². The number of methoxy groups -OCH3 is 1. The quantitative estimate of drug-likeness (QED) is 0.761. The van der Waals surface area contributed by atoms with E-state index in [1.54, 1.807) is 13.2 Å². The molecule has 2 rings (SSSR count). The second kappa shape index (κ2) is 5.45. The molecule has 0 aliphatic carbocycles. The maximum absolute atomic E-state index is 6.24. The van der Waals surface area contributed by atoms with Crippen molar-refractivity contribution in [1.82, 2.24) is 0 Å². The first-order chi connectivity index (χ1) is 8.11. The van der Waals surface area contributed by atoms with Crippen LogP contribution in [0.2, 0.25) is 10.0 Å². The monoisotopic (exact) mass is 338 g/mol. The Balaban J connectivity index is 2.35. The molecule has 17 heavy (non-hydrogen) atoms. The Morgan fingerprint density at radius 3 is 2.82 bits per heavy atom. The summed E-state index contributed by atoms with van der Waals surface area (Å²) in [5.74, 6) is 0. The lowest BCUT2D eigenvalue weighted by Crippen LogP contribution is -2.29. The van der Waals surface area contributed by atoms with Crippen LogP contribution in [0.5, 0.6) is 0 Å². The summed E-state index contributed by atoms with van der Waals surface area (Å²) in [6, 6.07) is 5.49. The van der Waals surface area contributed by atoms with Crippen molar-refractivity contribution in [3.8, 4) is 0 Å². The average molecular weight is 340 g/mol. The van der Waals surface area contributed by atoms with Gasteiger partial charge in [0.05, 0.1) is 0 Å². The highest BCUT2D eigenvalue weighted by Crippen LogP contribution is 2.44. The zero-order valence-electron chi connectivity index (χ0n) is 9.38. The molecule has 0 radical (unpaired) electrons. The lowest BCUT2D eigenvalue weighted by Gasteiger charge is -2.28. The zero-order chi connectivity index (χ0) is 12.5. The van der Waals surface area contributed by atoms with Gasteiger partial charge in [-0.05, 0) is 18.6 Å². The molecule has 1 heterocycles. The van der Waals surface area contributed by atoms with Gasteiger partial charge < -0.3 is 9.47 Å². The second-order valence-electron chi connectivity index (χ2n) is 4.07. The molecule has 2 atom stereocenters. The van der Waals surface area contributed by atoms with Crippen molar-refractivity contribution in [2.24, 2.45) is 0 Å². The Morgan fingerprint density at radius 1 is 1.53 bits per heavy atom. The highest BCUT2D eigenvalue weighted by atomic mass is 79.9. The molecule has 0 N–H and O–H groups in total. The fourth-order valence-corrected chi connectivity index (χ4v) is 3.41. The Morgan fingerprint density at radius 2 is 2.29 bits per heavy atom. The van der Waals surface area contributed by atoms with Crippen LogP contribution in [-0.2, 0) is 15.1 Å². The third kappa shape index (κ3) is 2.64. The summed E-state index contributed by atoms with van der Waals surface area (Å²) in [5.41, 5.74) is 0.544. The number of ether oxygens (including phenoxy) is 2. The first-order valence-electron chi connectivity index (χ1n) is 5.33. The maximum Gasteiger partial charge on any atom is 0.158 e. The van der Waals surface area contributed by atoms with E-state index in [1.807, 2.05) is 12.1 Å². The van der Waals surface area contributed by atoms with E-state index < -0.39 is 5.60 Å². The topological polar surface area (TPSA) is 18.5 Å². The van der Waals surface area contributed by atoms with Crippen molar-refractivity contribution < 1.29 is 9.47 Å². The van der Waals surface area contributed by atoms with Crippen LogP contribution in [0.1, 0.15) is 18.4 Å². The van der Waals surface area contributed by atoms with Crippen LogP contribution in [0.3, 0.4) is 0 Å². The highest BCUT2D eigenvalue weighted by molar-refractivity contribution is 9.09. The molecule has 0 spiro atoms. The zero-order valence-corrected chi connectivity index (χ0v) is 12.5. The van der Waals surface area contributed by atoms with Gasteiger partial charge in [0.25, 0.3) is 0 Å². The normalized spacial score (nSPS) is 28.6. The molecule has 0 bridgehead atoms. The van der Waals surface area contributed by atoms with E-state index in [0.29, 0.717) is 15.4 Å². The van der Waals surface area contributed by atoms with Crippen molar-refractivity contribution in [2.45, 2.75) is 24.7 Å². The van der Waals surface area contributed by atoms with E-state index in [4.69, 9.17) is 32.7 Å². The molecule has 1 aromatic carbocycles. The van der Waals surface area contributed by atoms with E-state index in [0.717, 1.165) is 18.4 Å². The molecule has 2 nitrogen and oxygen atoms in total. The maximum atomic E-state index is 6.24. The van der Waals surface area contributed by atoms with Crippen LogP contribution >= 0.6 is 39.1 Å². The predicted molar refractivity (Wildman–Crippen MR) is 73.1 cm³/mol. The Hall–Kier alpha value is 0.200. The van der Waals surface area contributed by atoms with Gasteiger partial charge in [-0.1, -0.05) is 45.2 Å². The third-order valence-electron chi connectivity index (χ3n) is 3.04. The van der Waals surface area contributed by atoms with Gasteiger partial charge in [-0.3, -0.25) is 0 Å². The minimum Gasteiger partial charge on any atom is -0.356 e. The molecular formula is C12H13BrCl2O2. The standard InChI is InChI=1S/C12H13BrCl2O2/c1-16-11-4-5-12(7-13,17-11)9-3-2-8(14)6-10(9)15/h2-3,6,11H,4-5,7H2,1H3. The van der Waals surface area contributed by atoms with Gasteiger partial charge in [-0.2, -0.15) is 0 Å². The summed E-state index contributed by atoms with van der Waals surface area (Å²) >= 11 is 15.7. The van der Waals surface area contributed by atoms with E-state index in [2.05, 4.69) is 15.9 Å². The van der Waals surface area contributed by atoms with Crippen LogP contribution in [0.15, 0.2) is 18.2 Å². The van der Waals surface area contributed by atoms with Gasteiger partial charge in [-0.25, -0.2) is 0 Å². The summed E-state index contributed by atoms with van der Waals surface area (Å²) in [7, 11) is 1.65. The number of hydrogen-bond acceptors (Lipinski definition) is 2. The summed E-state index contributed by atoms with van der Waals surface area (Å²) in [5, 5.41) is 1.94. The number of benzene rings is 1. The number of hydrogen-bond donors (Lipinski definition) is 0. The second-order valence-corrected chi connectivity index (χ2v) is 5.48. The Kier molecular flexibility index (Phi) is 4.37. The predicted octanol–water partition coefficient (Wildman–Crippen LogP) is 4.37. The summed E-state index contributed by atoms with van der Waals surface area (Å²) in [6.07, 6.45) is 1.57. The van der Waals surface area contributed by atoms with Crippen molar-refractivity contribution in [3.63, 3.8) is 0 Å². The van der Waals surface area contributed by atoms with Crippen molar-refractivity contribution in [1.29, 1.82) is 0 Å². The molecule has 0 aromatic heterocycles. The number of rotatable bonds is 3. The minimum atomic E-state index is -0.414. The summed E-state index contributed by atoms with van der Waals surface area (Å²) < 4.78 is 11.2. The third-order valence-corrected chi connectivity index (χ3v) is 4.50. The fraction of sp³-hybridized carbons (Fsp3) is 0.500. The van der Waals surface area contributed by atoms with E-state index >= 15 is 0 Å². The molecule has 94 valence electrons. The molecule has 1 saturated heterocycles. The molecule has 2 unspecified atom stereocenters. The molecular weight excluding hydrogens is 327 g/mol. The van der Waals surface area contributed by atoms with Gasteiger partial charge in [-0.15, -0.1) is 0 Å². The van der Waals surface area contributed by atoms with E-state index in [9.17, 15) is 0 Å². The fourth-order valence-electron chi connectivity index (χ4n) is 2.11. The molecule has 1 aliphatic rings. The number of halogens is 3. The molecule has 1 fully saturated rings. The van der Waals surface area contributed by atoms with Crippen LogP contribution < -0.4 is 0 Å². The smallest absolute Gasteiger partial charge is 0.158 e. The largest absolute Gasteiger partial charge is 0.356 e. The van der Waals surface area contributed by atoms with Crippen LogP contribution in [0.25, 0.3) is 0 Å². The molecule has 0 saturated carbocycles. The van der Waals surface area contributed by atoms with Crippen LogP contribution in [-0.4, -0.2) is 18.7 Å². The minimum absolute atomic E-state index is 0.167. The Bertz CT molecular complexity index is 413. The van der Waals surface area contributed by atoms with Gasteiger partial charge in [0.15, 0.2) is 6.29 Å². The van der Waals surface area contributed by atoms with Gasteiger partial charge >= 0.3 is 0 Å². The Labute approximate surface area is 119 Å². The van der Waals surface area contributed by atoms with Crippen LogP contribution in [0.4, 0.5) is 0 Å². The van der Waals surface area contributed by atoms with E-state index in [-0.39, 0.29) is 6.29 Å². The number of alkyl halides is 1. The van der Waals surface area contributed by atoms with Crippen molar-refractivity contribution in [2.75, 3.05) is 12.4 Å². The molecule has 0 amide bonds. The average Bonchev–Trinajstić information content (AvgIpc) is 2.74. The molecule has 1 aromatic rings. The van der Waals surface area contributed by atoms with Gasteiger partial charge in [0.1, 0.15) is 5.60 Å². The molecule has 5 heteroatoms. The first-order valence-corrected chi connectivity index (χ1v) is 7.21. The summed E-state index contributed by atoms with van der Waals surface area (Å²) in [4.78, 5) is 0. The lowest BCUT2D eigenvalue weighted by molar-refractivity contribution is -0.149. The van der Waals surface area contributed by atoms with Crippen molar-refractivity contribution in [3.05, 3.63) is 33.8 Å². The SMILES string of the molecule is COC1CCC(CBr)(c2ccc(Cl)cc2Cl)O1. The summed E-state index contributed by atoms with van der Waals surface area (Å²) in [6.45, 7) is 0. The van der Waals surface area contributed by atoms with E-state index in [1.165, 1.54) is 0 Å². The van der Waals surface area contributed by atoms with Crippen LogP contribution in [0, 0.1) is 0 Å². The molecule has 1 aliphatic heterocycles. The van der Waals surface area contributed by atoms with Gasteiger partial charge in [0.2, 0.25) is 0 Å².